The van der Waals surface area contributed by atoms with E-state index in [2.05, 4.69) is 21.1 Å². The fraction of sp³-hybridized carbons (Fsp3) is 0.300. The van der Waals surface area contributed by atoms with E-state index in [1.54, 1.807) is 6.21 Å². The van der Waals surface area contributed by atoms with Crippen molar-refractivity contribution < 1.29 is 4.84 Å². The molecule has 0 atom stereocenters. The zero-order valence-corrected chi connectivity index (χ0v) is 8.70. The van der Waals surface area contributed by atoms with E-state index in [-0.39, 0.29) is 0 Å². The van der Waals surface area contributed by atoms with Crippen molar-refractivity contribution >= 4 is 22.1 Å². The first-order valence-corrected chi connectivity index (χ1v) is 5.08. The maximum atomic E-state index is 5.14. The fourth-order valence-corrected chi connectivity index (χ4v) is 1.16. The molecular weight excluding hydrogens is 230 g/mol. The highest BCUT2D eigenvalue weighted by Crippen LogP contribution is 2.23. The number of nitrogens with zero attached hydrogens (tertiary/aromatic N) is 1. The van der Waals surface area contributed by atoms with Crippen molar-refractivity contribution in [3.05, 3.63) is 34.3 Å². The Labute approximate surface area is 85.7 Å². The van der Waals surface area contributed by atoms with Gasteiger partial charge in [0.2, 0.25) is 0 Å². The van der Waals surface area contributed by atoms with Crippen LogP contribution in [0.5, 0.6) is 0 Å². The molecule has 2 rings (SSSR count). The Bertz CT molecular complexity index is 303. The standard InChI is InChI=1S/C10H10BrNO/c11-9-3-1-8(2-4-9)7-12-13-10-5-6-10/h1-4,7,10H,5-6H2. The van der Waals surface area contributed by atoms with E-state index in [9.17, 15) is 0 Å². The summed E-state index contributed by atoms with van der Waals surface area (Å²) in [6.45, 7) is 0. The predicted octanol–water partition coefficient (Wildman–Crippen LogP) is 2.96. The Balaban J connectivity index is 1.92. The van der Waals surface area contributed by atoms with Crippen LogP contribution in [0.4, 0.5) is 0 Å². The third-order valence-corrected chi connectivity index (χ3v) is 2.33. The van der Waals surface area contributed by atoms with Crippen LogP contribution < -0.4 is 0 Å². The second-order valence-corrected chi connectivity index (χ2v) is 4.01. The Hall–Kier alpha value is -0.830. The van der Waals surface area contributed by atoms with Crippen LogP contribution in [-0.2, 0) is 4.84 Å². The minimum atomic E-state index is 0.381. The molecule has 1 saturated carbocycles. The molecule has 0 saturated heterocycles. The van der Waals surface area contributed by atoms with Crippen molar-refractivity contribution in [1.82, 2.24) is 0 Å². The Morgan fingerprint density at radius 3 is 2.62 bits per heavy atom. The molecule has 1 aliphatic rings. The molecule has 0 radical (unpaired) electrons. The van der Waals surface area contributed by atoms with Crippen molar-refractivity contribution in [2.45, 2.75) is 18.9 Å². The number of hydrogen-bond donors (Lipinski definition) is 0. The Morgan fingerprint density at radius 2 is 2.00 bits per heavy atom. The molecule has 0 aliphatic heterocycles. The molecule has 2 nitrogen and oxygen atoms in total. The summed E-state index contributed by atoms with van der Waals surface area (Å²) in [5.41, 5.74) is 1.06. The van der Waals surface area contributed by atoms with Gasteiger partial charge in [-0.2, -0.15) is 0 Å². The van der Waals surface area contributed by atoms with Gasteiger partial charge in [0.15, 0.2) is 0 Å². The average molecular weight is 240 g/mol. The fourth-order valence-electron chi connectivity index (χ4n) is 0.900. The van der Waals surface area contributed by atoms with Crippen molar-refractivity contribution in [2.24, 2.45) is 5.16 Å². The van der Waals surface area contributed by atoms with Gasteiger partial charge < -0.3 is 4.84 Å². The molecule has 1 fully saturated rings. The van der Waals surface area contributed by atoms with Crippen LogP contribution >= 0.6 is 15.9 Å². The minimum absolute atomic E-state index is 0.381. The van der Waals surface area contributed by atoms with Crippen molar-refractivity contribution in [3.63, 3.8) is 0 Å². The third-order valence-electron chi connectivity index (χ3n) is 1.81. The van der Waals surface area contributed by atoms with Crippen LogP contribution in [0, 0.1) is 0 Å². The number of oxime groups is 1. The highest BCUT2D eigenvalue weighted by Gasteiger charge is 2.23. The van der Waals surface area contributed by atoms with Crippen LogP contribution in [0.1, 0.15) is 18.4 Å². The monoisotopic (exact) mass is 239 g/mol. The number of hydrogen-bond acceptors (Lipinski definition) is 2. The maximum Gasteiger partial charge on any atom is 0.127 e. The second kappa shape index (κ2) is 3.92. The molecule has 68 valence electrons. The highest BCUT2D eigenvalue weighted by molar-refractivity contribution is 9.10. The number of rotatable bonds is 3. The highest BCUT2D eigenvalue weighted by atomic mass is 79.9. The van der Waals surface area contributed by atoms with Gasteiger partial charge in [0.25, 0.3) is 0 Å². The molecule has 1 aromatic rings. The molecular formula is C10H10BrNO. The first kappa shape index (κ1) is 8.75. The summed E-state index contributed by atoms with van der Waals surface area (Å²) in [5, 5.41) is 3.89. The summed E-state index contributed by atoms with van der Waals surface area (Å²) in [6.07, 6.45) is 4.42. The van der Waals surface area contributed by atoms with Crippen LogP contribution in [0.3, 0.4) is 0 Å². The summed E-state index contributed by atoms with van der Waals surface area (Å²) >= 11 is 3.37. The predicted molar refractivity (Wildman–Crippen MR) is 55.8 cm³/mol. The van der Waals surface area contributed by atoms with Gasteiger partial charge in [0.1, 0.15) is 6.10 Å². The summed E-state index contributed by atoms with van der Waals surface area (Å²) in [6, 6.07) is 7.95. The average Bonchev–Trinajstić information content (AvgIpc) is 2.92. The summed E-state index contributed by atoms with van der Waals surface area (Å²) in [4.78, 5) is 5.14. The van der Waals surface area contributed by atoms with Gasteiger partial charge in [-0.15, -0.1) is 0 Å². The lowest BCUT2D eigenvalue weighted by atomic mass is 10.2. The van der Waals surface area contributed by atoms with Gasteiger partial charge in [0, 0.05) is 4.47 Å². The lowest BCUT2D eigenvalue weighted by Crippen LogP contribution is -1.86. The molecule has 1 aromatic carbocycles. The summed E-state index contributed by atoms with van der Waals surface area (Å²) in [7, 11) is 0. The Morgan fingerprint density at radius 1 is 1.31 bits per heavy atom. The minimum Gasteiger partial charge on any atom is -0.392 e. The smallest absolute Gasteiger partial charge is 0.127 e. The van der Waals surface area contributed by atoms with E-state index in [1.807, 2.05) is 24.3 Å². The van der Waals surface area contributed by atoms with Crippen LogP contribution in [0.2, 0.25) is 0 Å². The summed E-state index contributed by atoms with van der Waals surface area (Å²) < 4.78 is 1.08. The number of benzene rings is 1. The van der Waals surface area contributed by atoms with E-state index < -0.39 is 0 Å². The van der Waals surface area contributed by atoms with Gasteiger partial charge >= 0.3 is 0 Å². The molecule has 0 bridgehead atoms. The first-order valence-electron chi connectivity index (χ1n) is 4.29. The molecule has 0 aromatic heterocycles. The van der Waals surface area contributed by atoms with Gasteiger partial charge in [-0.05, 0) is 30.5 Å². The van der Waals surface area contributed by atoms with Gasteiger partial charge in [-0.25, -0.2) is 0 Å². The van der Waals surface area contributed by atoms with Crippen molar-refractivity contribution in [1.29, 1.82) is 0 Å². The van der Waals surface area contributed by atoms with Crippen molar-refractivity contribution in [2.75, 3.05) is 0 Å². The van der Waals surface area contributed by atoms with E-state index in [4.69, 9.17) is 4.84 Å². The molecule has 0 amide bonds. The van der Waals surface area contributed by atoms with E-state index in [0.29, 0.717) is 6.10 Å². The molecule has 1 aliphatic carbocycles. The number of halogens is 1. The van der Waals surface area contributed by atoms with Gasteiger partial charge in [-0.3, -0.25) is 0 Å². The molecule has 3 heteroatoms. The first-order chi connectivity index (χ1) is 6.34. The zero-order valence-electron chi connectivity index (χ0n) is 7.11. The van der Waals surface area contributed by atoms with E-state index >= 15 is 0 Å². The van der Waals surface area contributed by atoms with Crippen LogP contribution in [0.25, 0.3) is 0 Å². The molecule has 13 heavy (non-hydrogen) atoms. The third kappa shape index (κ3) is 2.84. The van der Waals surface area contributed by atoms with Crippen molar-refractivity contribution in [3.8, 4) is 0 Å². The molecule has 0 spiro atoms. The second-order valence-electron chi connectivity index (χ2n) is 3.09. The lowest BCUT2D eigenvalue weighted by molar-refractivity contribution is 0.131. The zero-order chi connectivity index (χ0) is 9.10. The normalized spacial score (nSPS) is 16.4. The molecule has 0 unspecified atom stereocenters. The lowest BCUT2D eigenvalue weighted by Gasteiger charge is -1.94. The largest absolute Gasteiger partial charge is 0.392 e. The van der Waals surface area contributed by atoms with E-state index in [1.165, 1.54) is 0 Å². The van der Waals surface area contributed by atoms with E-state index in [0.717, 1.165) is 22.9 Å². The van der Waals surface area contributed by atoms with Crippen LogP contribution in [0.15, 0.2) is 33.9 Å². The van der Waals surface area contributed by atoms with Gasteiger partial charge in [0.05, 0.1) is 6.21 Å². The SMILES string of the molecule is Brc1ccc(C=NOC2CC2)cc1. The topological polar surface area (TPSA) is 21.6 Å². The van der Waals surface area contributed by atoms with Gasteiger partial charge in [-0.1, -0.05) is 33.2 Å². The molecule has 0 heterocycles. The maximum absolute atomic E-state index is 5.14. The summed E-state index contributed by atoms with van der Waals surface area (Å²) in [5.74, 6) is 0. The molecule has 0 N–H and O–H groups in total. The van der Waals surface area contributed by atoms with Crippen LogP contribution in [-0.4, -0.2) is 12.3 Å². The quantitative estimate of drug-likeness (QED) is 0.588. The Kier molecular flexibility index (Phi) is 2.64.